The van der Waals surface area contributed by atoms with Crippen molar-refractivity contribution in [1.29, 1.82) is 0 Å². The molecule has 12 heteroatoms. The molecule has 6 aromatic carbocycles. The number of carboxylic acids is 1. The van der Waals surface area contributed by atoms with E-state index in [-0.39, 0.29) is 61.0 Å². The van der Waals surface area contributed by atoms with Gasteiger partial charge in [-0.05, 0) is 103 Å². The molecule has 2 heterocycles. The van der Waals surface area contributed by atoms with Gasteiger partial charge in [-0.15, -0.1) is 0 Å². The van der Waals surface area contributed by atoms with Crippen LogP contribution < -0.4 is 19.9 Å². The Morgan fingerprint density at radius 1 is 0.700 bits per heavy atom. The lowest BCUT2D eigenvalue weighted by atomic mass is 9.76. The summed E-state index contributed by atoms with van der Waals surface area (Å²) in [6.07, 6.45) is 6.36. The van der Waals surface area contributed by atoms with Gasteiger partial charge in [0.25, 0.3) is 17.4 Å². The number of fused-ring (bicyclic) bond motifs is 1. The largest absolute Gasteiger partial charge is 0.478 e. The minimum absolute atomic E-state index is 0.000206. The molecule has 0 radical (unpaired) electrons. The van der Waals surface area contributed by atoms with Gasteiger partial charge in [-0.1, -0.05) is 36.4 Å². The Morgan fingerprint density at radius 2 is 1.30 bits per heavy atom. The highest BCUT2D eigenvalue weighted by molar-refractivity contribution is 6.41. The number of rotatable bonds is 8. The number of carbonyl (C=O) groups excluding carboxylic acids is 4. The predicted octanol–water partition coefficient (Wildman–Crippen LogP) is 8.97. The molecule has 0 saturated heterocycles. The number of amides is 2. The van der Waals surface area contributed by atoms with Crippen LogP contribution in [0.25, 0.3) is 27.2 Å². The highest BCUT2D eigenvalue weighted by Gasteiger charge is 2.43. The number of benzene rings is 6. The van der Waals surface area contributed by atoms with E-state index in [1.807, 2.05) is 55.5 Å². The van der Waals surface area contributed by atoms with E-state index >= 15 is 0 Å². The maximum absolute atomic E-state index is 14.7. The van der Waals surface area contributed by atoms with Crippen LogP contribution in [0.15, 0.2) is 132 Å². The van der Waals surface area contributed by atoms with E-state index in [1.165, 1.54) is 42.5 Å². The van der Waals surface area contributed by atoms with Gasteiger partial charge in [0.15, 0.2) is 11.6 Å². The summed E-state index contributed by atoms with van der Waals surface area (Å²) in [5.74, 6) is -3.74. The molecule has 0 saturated carbocycles. The molecule has 0 spiro atoms. The molecule has 2 N–H and O–H groups in total. The number of anilines is 1. The van der Waals surface area contributed by atoms with Crippen molar-refractivity contribution in [1.82, 2.24) is 9.97 Å². The fourth-order valence-corrected chi connectivity index (χ4v) is 8.15. The predicted molar refractivity (Wildman–Crippen MR) is 222 cm³/mol. The molecule has 12 nitrogen and oxygen atoms in total. The highest BCUT2D eigenvalue weighted by atomic mass is 16.5. The number of carboxylic acid groups (broad SMARTS) is 1. The van der Waals surface area contributed by atoms with E-state index in [0.29, 0.717) is 35.0 Å². The molecular weight excluding hydrogens is 763 g/mol. The molecule has 2 aliphatic carbocycles. The molecule has 0 bridgehead atoms. The standard InChI is InChI=1S/C48H29N3O9/c1-24-6-4-9-27(20-24)59-28-10-5-11-29(22-28)60-30-13-15-31(25-7-2-3-8-25)38(23-30)51-46(55)35-18-16-33-39-34(17-19-36(40(35)39)47(51)56)43(53)41(42(33)52)44-49-37-21-26(48(57)58)12-14-32(37)45(54)50-44/h2-7,9-23,41H,8H2,1H3,(H,57,58)(H,49,50,54). The monoisotopic (exact) mass is 791 g/mol. The normalized spacial score (nSPS) is 14.6. The van der Waals surface area contributed by atoms with Gasteiger partial charge in [0.1, 0.15) is 34.7 Å². The van der Waals surface area contributed by atoms with E-state index in [4.69, 9.17) is 9.47 Å². The second kappa shape index (κ2) is 13.7. The average Bonchev–Trinajstić information content (AvgIpc) is 3.77. The summed E-state index contributed by atoms with van der Waals surface area (Å²) in [5, 5.41) is 9.90. The van der Waals surface area contributed by atoms with Crippen molar-refractivity contribution in [3.63, 3.8) is 0 Å². The van der Waals surface area contributed by atoms with Gasteiger partial charge in [-0.2, -0.15) is 0 Å². The summed E-state index contributed by atoms with van der Waals surface area (Å²) >= 11 is 0. The molecule has 1 aromatic heterocycles. The van der Waals surface area contributed by atoms with Crippen LogP contribution in [0.1, 0.15) is 81.1 Å². The third-order valence-corrected chi connectivity index (χ3v) is 10.9. The van der Waals surface area contributed by atoms with Gasteiger partial charge in [0.05, 0.1) is 22.2 Å². The van der Waals surface area contributed by atoms with E-state index < -0.39 is 40.8 Å². The van der Waals surface area contributed by atoms with Gasteiger partial charge in [-0.3, -0.25) is 24.0 Å². The number of nitrogens with zero attached hydrogens (tertiary/aromatic N) is 2. The lowest BCUT2D eigenvalue weighted by molar-refractivity contribution is 0.0695. The number of aryl methyl sites for hydroxylation is 1. The topological polar surface area (TPSA) is 173 Å². The summed E-state index contributed by atoms with van der Waals surface area (Å²) in [6, 6.07) is 29.5. The van der Waals surface area contributed by atoms with Crippen molar-refractivity contribution in [3.8, 4) is 23.0 Å². The molecule has 60 heavy (non-hydrogen) atoms. The molecule has 1 aliphatic heterocycles. The Labute approximate surface area is 339 Å². The molecule has 10 rings (SSSR count). The second-order valence-electron chi connectivity index (χ2n) is 14.7. The Balaban J connectivity index is 1.03. The van der Waals surface area contributed by atoms with Crippen molar-refractivity contribution in [2.75, 3.05) is 4.90 Å². The molecule has 0 fully saturated rings. The van der Waals surface area contributed by atoms with Crippen LogP contribution >= 0.6 is 0 Å². The van der Waals surface area contributed by atoms with Gasteiger partial charge in [-0.25, -0.2) is 14.7 Å². The molecule has 0 unspecified atom stereocenters. The number of carbonyl (C=O) groups is 5. The molecular formula is C48H29N3O9. The zero-order chi connectivity index (χ0) is 41.4. The number of hydrogen-bond donors (Lipinski definition) is 2. The zero-order valence-electron chi connectivity index (χ0n) is 31.5. The number of imide groups is 1. The number of aromatic nitrogens is 2. The minimum atomic E-state index is -1.57. The Morgan fingerprint density at radius 3 is 1.93 bits per heavy atom. The van der Waals surface area contributed by atoms with E-state index in [9.17, 15) is 33.9 Å². The fourth-order valence-electron chi connectivity index (χ4n) is 8.15. The number of hydrogen-bond acceptors (Lipinski definition) is 9. The van der Waals surface area contributed by atoms with Gasteiger partial charge in [0.2, 0.25) is 0 Å². The number of Topliss-reactive ketones (excluding diaryl/α,β-unsaturated/α-hetero) is 2. The van der Waals surface area contributed by atoms with Crippen LogP contribution in [0.5, 0.6) is 23.0 Å². The van der Waals surface area contributed by atoms with E-state index in [2.05, 4.69) is 9.97 Å². The maximum atomic E-state index is 14.7. The van der Waals surface area contributed by atoms with Crippen molar-refractivity contribution >= 4 is 62.3 Å². The van der Waals surface area contributed by atoms with Crippen molar-refractivity contribution < 1.29 is 38.6 Å². The minimum Gasteiger partial charge on any atom is -0.478 e. The van der Waals surface area contributed by atoms with E-state index in [0.717, 1.165) is 16.0 Å². The Bertz CT molecular complexity index is 3180. The van der Waals surface area contributed by atoms with Crippen LogP contribution in [0, 0.1) is 6.92 Å². The molecule has 7 aromatic rings. The zero-order valence-corrected chi connectivity index (χ0v) is 31.5. The Kier molecular flexibility index (Phi) is 8.25. The summed E-state index contributed by atoms with van der Waals surface area (Å²) in [5.41, 5.74) is 2.43. The SMILES string of the molecule is Cc1cccc(Oc2cccc(Oc3ccc(C4=CC=CC4)c(N4C(=O)c5ccc6c7c(ccc(c57)C4=O)C(=O)C(c4nc5cc(C(=O)O)ccc5c(=O)[nH]4)C6=O)c3)c2)c1. The first-order chi connectivity index (χ1) is 29.0. The molecule has 290 valence electrons. The molecule has 0 atom stereocenters. The number of H-pyrrole nitrogens is 1. The van der Waals surface area contributed by atoms with Crippen molar-refractivity contribution in [2.24, 2.45) is 0 Å². The first kappa shape index (κ1) is 36.1. The molecule has 2 amide bonds. The van der Waals surface area contributed by atoms with Crippen LogP contribution in [0.3, 0.4) is 0 Å². The lowest BCUT2D eigenvalue weighted by Gasteiger charge is -2.31. The second-order valence-corrected chi connectivity index (χ2v) is 14.7. The highest BCUT2D eigenvalue weighted by Crippen LogP contribution is 2.44. The van der Waals surface area contributed by atoms with Crippen LogP contribution in [0.4, 0.5) is 5.69 Å². The van der Waals surface area contributed by atoms with Crippen LogP contribution in [-0.2, 0) is 0 Å². The maximum Gasteiger partial charge on any atom is 0.335 e. The van der Waals surface area contributed by atoms with E-state index in [1.54, 1.807) is 36.4 Å². The first-order valence-corrected chi connectivity index (χ1v) is 18.9. The fraction of sp³-hybridized carbons (Fsp3) is 0.0625. The smallest absolute Gasteiger partial charge is 0.335 e. The number of ether oxygens (including phenoxy) is 2. The third-order valence-electron chi connectivity index (χ3n) is 10.9. The summed E-state index contributed by atoms with van der Waals surface area (Å²) in [7, 11) is 0. The van der Waals surface area contributed by atoms with Gasteiger partial charge >= 0.3 is 5.97 Å². The quantitative estimate of drug-likeness (QED) is 0.112. The summed E-state index contributed by atoms with van der Waals surface area (Å²) in [6.45, 7) is 1.98. The van der Waals surface area contributed by atoms with Crippen LogP contribution in [-0.4, -0.2) is 44.4 Å². The van der Waals surface area contributed by atoms with Gasteiger partial charge in [0, 0.05) is 50.7 Å². The number of nitrogens with one attached hydrogen (secondary N) is 1. The van der Waals surface area contributed by atoms with Crippen molar-refractivity contribution in [3.05, 3.63) is 183 Å². The summed E-state index contributed by atoms with van der Waals surface area (Å²) < 4.78 is 12.4. The Hall–Kier alpha value is -8.25. The summed E-state index contributed by atoms with van der Waals surface area (Å²) in [4.78, 5) is 90.5. The van der Waals surface area contributed by atoms with Gasteiger partial charge < -0.3 is 19.6 Å². The third kappa shape index (κ3) is 5.80. The number of aromatic carboxylic acids is 1. The first-order valence-electron chi connectivity index (χ1n) is 18.9. The molecule has 3 aliphatic rings. The lowest BCUT2D eigenvalue weighted by Crippen LogP contribution is -2.41. The number of ketones is 2. The van der Waals surface area contributed by atoms with Crippen molar-refractivity contribution in [2.45, 2.75) is 19.3 Å². The number of aromatic amines is 1. The number of allylic oxidation sites excluding steroid dienone is 4. The van der Waals surface area contributed by atoms with Crippen LogP contribution in [0.2, 0.25) is 0 Å². The average molecular weight is 792 g/mol.